The quantitative estimate of drug-likeness (QED) is 0.176. The largest absolute Gasteiger partial charge is 0.422 e. The molecule has 1 spiro atoms. The van der Waals surface area contributed by atoms with Gasteiger partial charge in [0.2, 0.25) is 70.9 Å². The fraction of sp³-hybridized carbons (Fsp3) is 0.730. The topological polar surface area (TPSA) is 279 Å². The van der Waals surface area contributed by atoms with Gasteiger partial charge in [-0.3, -0.25) is 57.5 Å². The monoisotopic (exact) mass is 1470 g/mol. The number of carbonyl (C=O) groups excluding carboxylic acids is 12. The molecule has 0 radical (unpaired) electrons. The zero-order valence-electron chi connectivity index (χ0n) is 62.2. The summed E-state index contributed by atoms with van der Waals surface area (Å²) in [5.41, 5.74) is -4.10. The molecule has 3 N–H and O–H groups in total. The van der Waals surface area contributed by atoms with Gasteiger partial charge < -0.3 is 64.8 Å². The number of fused-ring (bicyclic) bond motifs is 3. The van der Waals surface area contributed by atoms with Crippen molar-refractivity contribution < 1.29 is 84.2 Å². The molecule has 104 heavy (non-hydrogen) atoms. The van der Waals surface area contributed by atoms with Crippen LogP contribution >= 0.6 is 0 Å². The molecule has 578 valence electrons. The molecule has 2 bridgehead atoms. The fourth-order valence-electron chi connectivity index (χ4n) is 16.4. The number of carbonyl (C=O) groups is 12. The zero-order chi connectivity index (χ0) is 76.2. The normalized spacial score (nSPS) is 28.3. The molecule has 4 aliphatic heterocycles. The standard InChI is InChI=1S/C74H109F5N12O13/c1-11-45(4)62-70(101)84(6)44-60(94)86(8)54-29-18-15-21-36-90(69(54)100)57(39-46-25-16-14-17-26-46)67(98)83(5)43-58(92)80-52(31-30-47-37-50(75)61(51(76)38-47)74(77,78)79)66(97)91-42-49(104-13-3)40-55(91)65(96)82-73(32-24-33-73)72(103)88(10)63(48-27-19-20-28-48)71(102)87(9)56(68(99)89-34-22-23-35-89)41-59(93)85(7)53(12-2)64(95)81-62/h15,18,37-38,45-46,48-49,52-57,62-63H,11-14,16-17,19-36,39-44H2,1-10H3,(H,80,92)(H,81,95)(H,82,96)/b18-15-/t45-,49+,52-,53-,54-,55-,56-,57-,62-,63-/m0/s1. The third-order valence-electron chi connectivity index (χ3n) is 23.0. The van der Waals surface area contributed by atoms with Crippen molar-refractivity contribution in [1.82, 2.24) is 60.0 Å². The Kier molecular flexibility index (Phi) is 28.3. The first-order chi connectivity index (χ1) is 49.3. The van der Waals surface area contributed by atoms with Gasteiger partial charge in [0.25, 0.3) is 0 Å². The van der Waals surface area contributed by atoms with E-state index in [1.165, 1.54) is 66.8 Å². The second-order valence-corrected chi connectivity index (χ2v) is 29.9. The minimum Gasteiger partial charge on any atom is -0.377 e. The number of alkyl halides is 3. The van der Waals surface area contributed by atoms with E-state index in [1.54, 1.807) is 31.7 Å². The number of likely N-dealkylation sites (tertiary alicyclic amines) is 1. The molecule has 6 fully saturated rings. The number of halogens is 5. The van der Waals surface area contributed by atoms with E-state index in [-0.39, 0.29) is 69.7 Å². The van der Waals surface area contributed by atoms with E-state index in [4.69, 9.17) is 4.74 Å². The van der Waals surface area contributed by atoms with Crippen LogP contribution in [-0.4, -0.2) is 263 Å². The predicted octanol–water partition coefficient (Wildman–Crippen LogP) is 5.35. The van der Waals surface area contributed by atoms with Crippen LogP contribution in [0.3, 0.4) is 0 Å². The number of nitrogens with one attached hydrogen (secondary N) is 3. The van der Waals surface area contributed by atoms with Crippen LogP contribution in [0.1, 0.15) is 180 Å². The van der Waals surface area contributed by atoms with Crippen LogP contribution < -0.4 is 16.0 Å². The Morgan fingerprint density at radius 3 is 1.88 bits per heavy atom. The SMILES string of the molecule is CCO[C@@H]1C[C@H]2C(=O)NC3(CCC3)C(=O)N(C)[C@@H](C3CCCC3)C(=O)N(C)[C@H](C(=O)N3CCCC3)CC(=O)N(C)[C@@H](CC)C(=O)N[C@@H]([C@@H](C)CC)C(=O)N(C)CC(=O)N(C)[C@H]3C/C=C\CCN(C3=O)[C@@H](CC3CCCCC3)C(=O)N(C)CC(=O)N[C@@H](CCc3cc(F)c(C(F)(F)F)c(F)c3)C(=O)N2C1. The second-order valence-electron chi connectivity index (χ2n) is 29.9. The highest BCUT2D eigenvalue weighted by atomic mass is 19.4. The molecule has 4 heterocycles. The van der Waals surface area contributed by atoms with Gasteiger partial charge >= 0.3 is 6.18 Å². The Bertz CT molecular complexity index is 3310. The zero-order valence-corrected chi connectivity index (χ0v) is 62.2. The van der Waals surface area contributed by atoms with Crippen molar-refractivity contribution in [3.8, 4) is 0 Å². The average Bonchev–Trinajstić information content (AvgIpc) is 1.35. The lowest BCUT2D eigenvalue weighted by molar-refractivity contribution is -0.158. The molecule has 0 unspecified atom stereocenters. The number of likely N-dealkylation sites (N-methyl/N-ethyl adjacent to an activating group) is 6. The molecule has 25 nitrogen and oxygen atoms in total. The maximum atomic E-state index is 15.6. The average molecular weight is 1470 g/mol. The third-order valence-corrected chi connectivity index (χ3v) is 23.0. The van der Waals surface area contributed by atoms with Crippen LogP contribution in [0.15, 0.2) is 24.3 Å². The van der Waals surface area contributed by atoms with Gasteiger partial charge in [0.05, 0.1) is 25.6 Å². The van der Waals surface area contributed by atoms with E-state index in [2.05, 4.69) is 16.0 Å². The Hall–Kier alpha value is -7.79. The molecule has 12 amide bonds. The van der Waals surface area contributed by atoms with Crippen molar-refractivity contribution in [3.05, 3.63) is 47.0 Å². The Morgan fingerprint density at radius 2 is 1.29 bits per heavy atom. The summed E-state index contributed by atoms with van der Waals surface area (Å²) in [6, 6.07) is -9.66. The lowest BCUT2D eigenvalue weighted by Gasteiger charge is -2.46. The summed E-state index contributed by atoms with van der Waals surface area (Å²) in [5.74, 6) is -13.3. The second kappa shape index (κ2) is 36.0. The van der Waals surface area contributed by atoms with Gasteiger partial charge in [-0.05, 0) is 126 Å². The van der Waals surface area contributed by atoms with Crippen LogP contribution in [0.2, 0.25) is 0 Å². The van der Waals surface area contributed by atoms with Gasteiger partial charge in [-0.2, -0.15) is 13.2 Å². The Balaban J connectivity index is 1.20. The van der Waals surface area contributed by atoms with Crippen molar-refractivity contribution in [2.75, 3.05) is 88.2 Å². The lowest BCUT2D eigenvalue weighted by atomic mass is 9.74. The smallest absolute Gasteiger partial charge is 0.377 e. The number of hydrogen-bond acceptors (Lipinski definition) is 13. The number of amides is 12. The molecular formula is C74H109F5N12O13. The molecule has 3 saturated heterocycles. The number of ether oxygens (including phenoxy) is 1. The maximum absolute atomic E-state index is 15.6. The number of benzene rings is 1. The van der Waals surface area contributed by atoms with Crippen LogP contribution in [0.5, 0.6) is 0 Å². The van der Waals surface area contributed by atoms with Gasteiger partial charge in [0.15, 0.2) is 0 Å². The first kappa shape index (κ1) is 81.9. The molecule has 3 saturated carbocycles. The van der Waals surface area contributed by atoms with Crippen LogP contribution in [-0.2, 0) is 74.9 Å². The first-order valence-corrected chi connectivity index (χ1v) is 37.5. The van der Waals surface area contributed by atoms with E-state index in [1.807, 2.05) is 13.0 Å². The molecule has 7 aliphatic rings. The number of aryl methyl sites for hydroxylation is 1. The van der Waals surface area contributed by atoms with Crippen molar-refractivity contribution in [3.63, 3.8) is 0 Å². The van der Waals surface area contributed by atoms with Crippen molar-refractivity contribution in [1.29, 1.82) is 0 Å². The molecule has 0 aromatic heterocycles. The molecular weight excluding hydrogens is 1360 g/mol. The molecule has 8 rings (SSSR count). The summed E-state index contributed by atoms with van der Waals surface area (Å²) in [5, 5.41) is 8.48. The minimum atomic E-state index is -5.40. The summed E-state index contributed by atoms with van der Waals surface area (Å²) in [6.07, 6.45) is 5.08. The van der Waals surface area contributed by atoms with E-state index in [0.717, 1.165) is 46.8 Å². The highest BCUT2D eigenvalue weighted by molar-refractivity contribution is 6.01. The van der Waals surface area contributed by atoms with E-state index < -0.39 is 198 Å². The van der Waals surface area contributed by atoms with Gasteiger partial charge in [0.1, 0.15) is 71.1 Å². The van der Waals surface area contributed by atoms with Crippen molar-refractivity contribution in [2.45, 2.75) is 242 Å². The lowest BCUT2D eigenvalue weighted by Crippen LogP contribution is -2.68. The molecule has 10 atom stereocenters. The maximum Gasteiger partial charge on any atom is 0.422 e. The van der Waals surface area contributed by atoms with Crippen molar-refractivity contribution >= 4 is 70.9 Å². The predicted molar refractivity (Wildman–Crippen MR) is 373 cm³/mol. The number of hydrogen-bond donors (Lipinski definition) is 3. The molecule has 30 heteroatoms. The van der Waals surface area contributed by atoms with Crippen molar-refractivity contribution in [2.24, 2.45) is 17.8 Å². The highest BCUT2D eigenvalue weighted by Crippen LogP contribution is 2.40. The highest BCUT2D eigenvalue weighted by Gasteiger charge is 2.54. The molecule has 1 aromatic carbocycles. The third kappa shape index (κ3) is 19.1. The fourth-order valence-corrected chi connectivity index (χ4v) is 16.4. The Labute approximate surface area is 607 Å². The summed E-state index contributed by atoms with van der Waals surface area (Å²) in [7, 11) is 8.39. The summed E-state index contributed by atoms with van der Waals surface area (Å²) >= 11 is 0. The van der Waals surface area contributed by atoms with Crippen LogP contribution in [0, 0.1) is 29.4 Å². The minimum absolute atomic E-state index is 0.0110. The van der Waals surface area contributed by atoms with E-state index >= 15 is 37.5 Å². The number of rotatable bonds is 12. The Morgan fingerprint density at radius 1 is 0.654 bits per heavy atom. The van der Waals surface area contributed by atoms with Gasteiger partial charge in [0, 0.05) is 81.5 Å². The summed E-state index contributed by atoms with van der Waals surface area (Å²) < 4.78 is 78.0. The number of nitrogens with zero attached hydrogens (tertiary/aromatic N) is 9. The van der Waals surface area contributed by atoms with E-state index in [0.29, 0.717) is 83.0 Å². The van der Waals surface area contributed by atoms with Gasteiger partial charge in [-0.1, -0.05) is 84.3 Å². The molecule has 1 aromatic rings. The van der Waals surface area contributed by atoms with Gasteiger partial charge in [-0.15, -0.1) is 0 Å². The summed E-state index contributed by atoms with van der Waals surface area (Å²) in [6.45, 7) is 6.19. The molecule has 3 aliphatic carbocycles. The van der Waals surface area contributed by atoms with Crippen LogP contribution in [0.4, 0.5) is 22.0 Å². The van der Waals surface area contributed by atoms with E-state index in [9.17, 15) is 41.9 Å². The van der Waals surface area contributed by atoms with Crippen LogP contribution in [0.25, 0.3) is 0 Å². The first-order valence-electron chi connectivity index (χ1n) is 37.5. The van der Waals surface area contributed by atoms with Gasteiger partial charge in [-0.25, -0.2) is 8.78 Å². The summed E-state index contributed by atoms with van der Waals surface area (Å²) in [4.78, 5) is 192.